The van der Waals surface area contributed by atoms with Crippen LogP contribution in [0.3, 0.4) is 0 Å². The predicted molar refractivity (Wildman–Crippen MR) is 114 cm³/mol. The van der Waals surface area contributed by atoms with E-state index < -0.39 is 5.91 Å². The van der Waals surface area contributed by atoms with Crippen LogP contribution in [0.4, 0.5) is 15.9 Å². The second-order valence-electron chi connectivity index (χ2n) is 7.35. The number of primary amides is 1. The van der Waals surface area contributed by atoms with Crippen LogP contribution in [0, 0.1) is 12.7 Å². The Morgan fingerprint density at radius 3 is 2.87 bits per heavy atom. The largest absolute Gasteiger partial charge is 0.488 e. The van der Waals surface area contributed by atoms with Gasteiger partial charge in [-0.05, 0) is 43.9 Å². The lowest BCUT2D eigenvalue weighted by Gasteiger charge is -2.29. The summed E-state index contributed by atoms with van der Waals surface area (Å²) < 4.78 is 25.6. The van der Waals surface area contributed by atoms with Crippen molar-refractivity contribution < 1.29 is 18.7 Å². The number of methoxy groups -OCH3 is 1. The minimum absolute atomic E-state index is 0.0548. The number of rotatable bonds is 6. The third kappa shape index (κ3) is 4.08. The number of amides is 1. The number of hydrogen-bond acceptors (Lipinski definition) is 7. The van der Waals surface area contributed by atoms with E-state index in [2.05, 4.69) is 15.3 Å². The SMILES string of the molecule is CO[C@H]1CCC[C@H](Oc2cc(F)ccc2Nc2ncnc3sc(C(N)=O)c(C)c23)C1. The molecule has 9 heteroatoms. The molecule has 1 aliphatic rings. The van der Waals surface area contributed by atoms with Gasteiger partial charge in [-0.1, -0.05) is 0 Å². The van der Waals surface area contributed by atoms with Crippen molar-refractivity contribution in [2.45, 2.75) is 44.8 Å². The quantitative estimate of drug-likeness (QED) is 0.604. The number of fused-ring (bicyclic) bond motifs is 1. The van der Waals surface area contributed by atoms with E-state index in [0.717, 1.165) is 25.7 Å². The second kappa shape index (κ2) is 8.53. The van der Waals surface area contributed by atoms with E-state index in [1.807, 2.05) is 6.92 Å². The lowest BCUT2D eigenvalue weighted by Crippen LogP contribution is -2.29. The van der Waals surface area contributed by atoms with Gasteiger partial charge in [0.15, 0.2) is 0 Å². The zero-order valence-electron chi connectivity index (χ0n) is 16.8. The van der Waals surface area contributed by atoms with E-state index in [4.69, 9.17) is 15.2 Å². The van der Waals surface area contributed by atoms with Crippen LogP contribution < -0.4 is 15.8 Å². The van der Waals surface area contributed by atoms with Crippen molar-refractivity contribution in [3.63, 3.8) is 0 Å². The van der Waals surface area contributed by atoms with E-state index in [0.29, 0.717) is 37.9 Å². The van der Waals surface area contributed by atoms with Crippen LogP contribution in [0.1, 0.15) is 40.9 Å². The number of nitrogens with two attached hydrogens (primary N) is 1. The monoisotopic (exact) mass is 430 g/mol. The average molecular weight is 431 g/mol. The van der Waals surface area contributed by atoms with Crippen LogP contribution >= 0.6 is 11.3 Å². The number of nitrogens with one attached hydrogen (secondary N) is 1. The third-order valence-corrected chi connectivity index (χ3v) is 6.57. The molecule has 2 heterocycles. The maximum Gasteiger partial charge on any atom is 0.259 e. The van der Waals surface area contributed by atoms with Crippen molar-refractivity contribution in [3.05, 3.63) is 40.8 Å². The molecule has 1 fully saturated rings. The van der Waals surface area contributed by atoms with Crippen LogP contribution in [-0.2, 0) is 4.74 Å². The van der Waals surface area contributed by atoms with Crippen LogP contribution in [0.15, 0.2) is 24.5 Å². The zero-order valence-corrected chi connectivity index (χ0v) is 17.6. The van der Waals surface area contributed by atoms with Gasteiger partial charge in [-0.25, -0.2) is 14.4 Å². The Kier molecular flexibility index (Phi) is 5.83. The van der Waals surface area contributed by atoms with Crippen LogP contribution in [0.25, 0.3) is 10.2 Å². The van der Waals surface area contributed by atoms with E-state index in [9.17, 15) is 9.18 Å². The highest BCUT2D eigenvalue weighted by Gasteiger charge is 2.24. The molecule has 1 saturated carbocycles. The number of aryl methyl sites for hydroxylation is 1. The number of aromatic nitrogens is 2. The fourth-order valence-electron chi connectivity index (χ4n) is 3.83. The number of carbonyl (C=O) groups is 1. The molecule has 1 amide bonds. The van der Waals surface area contributed by atoms with Crippen molar-refractivity contribution in [1.82, 2.24) is 9.97 Å². The molecule has 1 aromatic carbocycles. The number of nitrogens with zero attached hydrogens (tertiary/aromatic N) is 2. The number of hydrogen-bond donors (Lipinski definition) is 2. The minimum atomic E-state index is -0.503. The zero-order chi connectivity index (χ0) is 21.3. The van der Waals surface area contributed by atoms with Crippen molar-refractivity contribution in [2.75, 3.05) is 12.4 Å². The van der Waals surface area contributed by atoms with Gasteiger partial charge in [0.25, 0.3) is 5.91 Å². The van der Waals surface area contributed by atoms with Crippen molar-refractivity contribution >= 4 is 39.0 Å². The molecule has 0 bridgehead atoms. The molecule has 2 atom stereocenters. The summed E-state index contributed by atoms with van der Waals surface area (Å²) in [5, 5.41) is 3.94. The van der Waals surface area contributed by atoms with Crippen LogP contribution in [0.2, 0.25) is 0 Å². The second-order valence-corrected chi connectivity index (χ2v) is 8.35. The standard InChI is InChI=1S/C21H23FN4O3S/c1-11-17-20(24-10-25-21(17)30-18(11)19(23)27)26-15-7-6-12(22)8-16(15)29-14-5-3-4-13(9-14)28-2/h6-8,10,13-14H,3-5,9H2,1-2H3,(H2,23,27)(H,24,25,26)/t13-,14-/m0/s1. The first-order chi connectivity index (χ1) is 14.5. The van der Waals surface area contributed by atoms with E-state index in [-0.39, 0.29) is 18.0 Å². The van der Waals surface area contributed by atoms with E-state index in [1.165, 1.54) is 29.8 Å². The molecular weight excluding hydrogens is 407 g/mol. The fraction of sp³-hybridized carbons (Fsp3) is 0.381. The first kappa shape index (κ1) is 20.5. The normalized spacial score (nSPS) is 19.0. The van der Waals surface area contributed by atoms with Gasteiger partial charge in [0.05, 0.1) is 22.1 Å². The lowest BCUT2D eigenvalue weighted by atomic mass is 9.95. The van der Waals surface area contributed by atoms with E-state index in [1.54, 1.807) is 13.2 Å². The topological polar surface area (TPSA) is 99.4 Å². The summed E-state index contributed by atoms with van der Waals surface area (Å²) in [6.45, 7) is 1.81. The van der Waals surface area contributed by atoms with Gasteiger partial charge < -0.3 is 20.5 Å². The summed E-state index contributed by atoms with van der Waals surface area (Å²) in [6.07, 6.45) is 5.16. The summed E-state index contributed by atoms with van der Waals surface area (Å²) >= 11 is 1.22. The van der Waals surface area contributed by atoms with Gasteiger partial charge in [-0.3, -0.25) is 4.79 Å². The number of carbonyl (C=O) groups excluding carboxylic acids is 1. The molecule has 0 spiro atoms. The summed E-state index contributed by atoms with van der Waals surface area (Å²) in [4.78, 5) is 21.4. The Balaban J connectivity index is 1.66. The number of benzene rings is 1. The van der Waals surface area contributed by atoms with E-state index >= 15 is 0 Å². The van der Waals surface area contributed by atoms with Crippen molar-refractivity contribution in [2.24, 2.45) is 5.73 Å². The van der Waals surface area contributed by atoms with Crippen LogP contribution in [-0.4, -0.2) is 35.2 Å². The predicted octanol–water partition coefficient (Wildman–Crippen LogP) is 4.32. The van der Waals surface area contributed by atoms with Gasteiger partial charge in [-0.2, -0.15) is 0 Å². The van der Waals surface area contributed by atoms with Crippen molar-refractivity contribution in [3.8, 4) is 5.75 Å². The van der Waals surface area contributed by atoms with Gasteiger partial charge in [-0.15, -0.1) is 11.3 Å². The Bertz CT molecular complexity index is 1090. The molecule has 0 radical (unpaired) electrons. The molecule has 4 rings (SSSR count). The highest BCUT2D eigenvalue weighted by atomic mass is 32.1. The molecule has 0 saturated heterocycles. The summed E-state index contributed by atoms with van der Waals surface area (Å²) in [6, 6.07) is 4.35. The van der Waals surface area contributed by atoms with Crippen molar-refractivity contribution in [1.29, 1.82) is 0 Å². The number of halogens is 1. The summed E-state index contributed by atoms with van der Waals surface area (Å²) in [7, 11) is 1.70. The fourth-order valence-corrected chi connectivity index (χ4v) is 4.83. The molecule has 158 valence electrons. The molecule has 0 unspecified atom stereocenters. The number of anilines is 2. The maximum absolute atomic E-state index is 14.0. The van der Waals surface area contributed by atoms with Crippen LogP contribution in [0.5, 0.6) is 5.75 Å². The first-order valence-electron chi connectivity index (χ1n) is 9.76. The Hall–Kier alpha value is -2.78. The first-order valence-corrected chi connectivity index (χ1v) is 10.6. The van der Waals surface area contributed by atoms with Gasteiger partial charge in [0, 0.05) is 19.6 Å². The molecular formula is C21H23FN4O3S. The highest BCUT2D eigenvalue weighted by Crippen LogP contribution is 2.37. The number of thiophene rings is 1. The molecule has 7 nitrogen and oxygen atoms in total. The molecule has 3 N–H and O–H groups in total. The molecule has 1 aliphatic carbocycles. The Morgan fingerprint density at radius 1 is 1.30 bits per heavy atom. The molecule has 2 aromatic heterocycles. The third-order valence-electron chi connectivity index (χ3n) is 5.35. The molecule has 3 aromatic rings. The lowest BCUT2D eigenvalue weighted by molar-refractivity contribution is 0.0211. The number of ether oxygens (including phenoxy) is 2. The average Bonchev–Trinajstić information content (AvgIpc) is 3.08. The molecule has 30 heavy (non-hydrogen) atoms. The highest BCUT2D eigenvalue weighted by molar-refractivity contribution is 7.20. The minimum Gasteiger partial charge on any atom is -0.488 e. The summed E-state index contributed by atoms with van der Waals surface area (Å²) in [5.41, 5.74) is 6.78. The Morgan fingerprint density at radius 2 is 2.10 bits per heavy atom. The molecule has 0 aliphatic heterocycles. The van der Waals surface area contributed by atoms with Gasteiger partial charge in [0.1, 0.15) is 34.6 Å². The van der Waals surface area contributed by atoms with Gasteiger partial charge in [0.2, 0.25) is 0 Å². The summed E-state index contributed by atoms with van der Waals surface area (Å²) in [5.74, 6) is 0.0325. The van der Waals surface area contributed by atoms with Gasteiger partial charge >= 0.3 is 0 Å². The Labute approximate surface area is 177 Å². The maximum atomic E-state index is 14.0. The smallest absolute Gasteiger partial charge is 0.259 e.